The van der Waals surface area contributed by atoms with Crippen LogP contribution in [-0.2, 0) is 4.74 Å². The predicted octanol–water partition coefficient (Wildman–Crippen LogP) is 0.00990. The van der Waals surface area contributed by atoms with Crippen molar-refractivity contribution in [2.24, 2.45) is 0 Å². The van der Waals surface area contributed by atoms with Gasteiger partial charge in [-0.3, -0.25) is 14.6 Å². The summed E-state index contributed by atoms with van der Waals surface area (Å²) in [4.78, 5) is 36.3. The molecule has 0 atom stereocenters. The number of H-pyrrole nitrogens is 1. The minimum absolute atomic E-state index is 0.139. The molecular weight excluding hydrogens is 288 g/mol. The first kappa shape index (κ1) is 14.2. The van der Waals surface area contributed by atoms with Gasteiger partial charge in [0.05, 0.1) is 13.2 Å². The zero-order chi connectivity index (χ0) is 15.5. The highest BCUT2D eigenvalue weighted by molar-refractivity contribution is 5.95. The summed E-state index contributed by atoms with van der Waals surface area (Å²) in [5.74, 6) is -1.04. The Balaban J connectivity index is 2.02. The van der Waals surface area contributed by atoms with Crippen LogP contribution in [0.2, 0.25) is 0 Å². The van der Waals surface area contributed by atoms with Crippen LogP contribution in [0.25, 0.3) is 11.5 Å². The van der Waals surface area contributed by atoms with Gasteiger partial charge in [-0.05, 0) is 12.1 Å². The van der Waals surface area contributed by atoms with Crippen LogP contribution in [0.3, 0.4) is 0 Å². The van der Waals surface area contributed by atoms with E-state index >= 15 is 0 Å². The largest absolute Gasteiger partial charge is 0.501 e. The minimum Gasteiger partial charge on any atom is -0.501 e. The van der Waals surface area contributed by atoms with Crippen LogP contribution < -0.4 is 5.56 Å². The second kappa shape index (κ2) is 5.94. The molecule has 1 aliphatic heterocycles. The molecule has 0 aliphatic carbocycles. The fourth-order valence-electron chi connectivity index (χ4n) is 2.16. The third-order valence-electron chi connectivity index (χ3n) is 3.30. The van der Waals surface area contributed by atoms with E-state index in [1.165, 1.54) is 4.90 Å². The number of ether oxygens (including phenoxy) is 1. The highest BCUT2D eigenvalue weighted by Crippen LogP contribution is 2.16. The molecule has 0 aromatic carbocycles. The van der Waals surface area contributed by atoms with Gasteiger partial charge in [-0.2, -0.15) is 0 Å². The number of hydrogen-bond acceptors (Lipinski definition) is 6. The highest BCUT2D eigenvalue weighted by Gasteiger charge is 2.25. The average molecular weight is 302 g/mol. The van der Waals surface area contributed by atoms with Gasteiger partial charge in [-0.25, -0.2) is 4.98 Å². The summed E-state index contributed by atoms with van der Waals surface area (Å²) >= 11 is 0. The van der Waals surface area contributed by atoms with E-state index in [1.54, 1.807) is 24.4 Å². The van der Waals surface area contributed by atoms with E-state index in [4.69, 9.17) is 4.74 Å². The Morgan fingerprint density at radius 2 is 2.09 bits per heavy atom. The molecule has 3 heterocycles. The maximum atomic E-state index is 12.4. The van der Waals surface area contributed by atoms with Crippen molar-refractivity contribution >= 4 is 5.91 Å². The van der Waals surface area contributed by atoms with Crippen molar-refractivity contribution in [2.45, 2.75) is 0 Å². The Bertz CT molecular complexity index is 738. The maximum Gasteiger partial charge on any atom is 0.294 e. The lowest BCUT2D eigenvalue weighted by Crippen LogP contribution is -2.41. The zero-order valence-corrected chi connectivity index (χ0v) is 11.7. The molecule has 8 heteroatoms. The first-order valence-electron chi connectivity index (χ1n) is 6.78. The second-order valence-electron chi connectivity index (χ2n) is 4.73. The van der Waals surface area contributed by atoms with Crippen LogP contribution in [-0.4, -0.2) is 57.2 Å². The van der Waals surface area contributed by atoms with E-state index in [-0.39, 0.29) is 11.5 Å². The number of carbonyl (C=O) groups excluding carboxylic acids is 1. The topological polar surface area (TPSA) is 108 Å². The van der Waals surface area contributed by atoms with Crippen LogP contribution in [0, 0.1) is 0 Å². The molecule has 2 aromatic rings. The Labute approximate surface area is 125 Å². The molecule has 2 N–H and O–H groups in total. The Hall–Kier alpha value is -2.74. The molecule has 1 aliphatic rings. The maximum absolute atomic E-state index is 12.4. The number of aromatic amines is 1. The molecule has 1 saturated heterocycles. The Kier molecular flexibility index (Phi) is 3.84. The number of aromatic nitrogens is 3. The smallest absolute Gasteiger partial charge is 0.294 e. The predicted molar refractivity (Wildman–Crippen MR) is 76.5 cm³/mol. The summed E-state index contributed by atoms with van der Waals surface area (Å²) in [6, 6.07) is 5.11. The molecule has 0 radical (unpaired) electrons. The molecular formula is C14H14N4O4. The van der Waals surface area contributed by atoms with Gasteiger partial charge in [0, 0.05) is 19.3 Å². The van der Waals surface area contributed by atoms with Crippen LogP contribution in [0.4, 0.5) is 0 Å². The minimum atomic E-state index is -0.771. The van der Waals surface area contributed by atoms with Crippen LogP contribution in [0.1, 0.15) is 10.5 Å². The number of nitrogens with zero attached hydrogens (tertiary/aromatic N) is 3. The summed E-state index contributed by atoms with van der Waals surface area (Å²) in [6.07, 6.45) is 1.55. The number of rotatable bonds is 2. The van der Waals surface area contributed by atoms with Gasteiger partial charge in [-0.15, -0.1) is 0 Å². The van der Waals surface area contributed by atoms with Gasteiger partial charge in [0.1, 0.15) is 5.69 Å². The molecule has 1 fully saturated rings. The van der Waals surface area contributed by atoms with Gasteiger partial charge in [-0.1, -0.05) is 6.07 Å². The number of pyridine rings is 1. The lowest BCUT2D eigenvalue weighted by Gasteiger charge is -2.26. The van der Waals surface area contributed by atoms with Gasteiger partial charge in [0.25, 0.3) is 11.5 Å². The quantitative estimate of drug-likeness (QED) is 0.809. The third-order valence-corrected chi connectivity index (χ3v) is 3.30. The summed E-state index contributed by atoms with van der Waals surface area (Å²) in [5, 5.41) is 9.86. The third kappa shape index (κ3) is 2.68. The number of carbonyl (C=O) groups is 1. The van der Waals surface area contributed by atoms with Crippen molar-refractivity contribution < 1.29 is 14.6 Å². The van der Waals surface area contributed by atoms with E-state index in [2.05, 4.69) is 15.0 Å². The van der Waals surface area contributed by atoms with Crippen molar-refractivity contribution in [1.29, 1.82) is 0 Å². The van der Waals surface area contributed by atoms with Gasteiger partial charge >= 0.3 is 0 Å². The molecule has 2 aromatic heterocycles. The highest BCUT2D eigenvalue weighted by atomic mass is 16.5. The molecule has 114 valence electrons. The lowest BCUT2D eigenvalue weighted by molar-refractivity contribution is 0.0296. The van der Waals surface area contributed by atoms with Gasteiger partial charge in [0.15, 0.2) is 11.5 Å². The van der Waals surface area contributed by atoms with E-state index in [0.29, 0.717) is 32.0 Å². The van der Waals surface area contributed by atoms with Crippen LogP contribution >= 0.6 is 0 Å². The monoisotopic (exact) mass is 302 g/mol. The van der Waals surface area contributed by atoms with Crippen LogP contribution in [0.15, 0.2) is 29.2 Å². The normalized spacial score (nSPS) is 14.8. The fourth-order valence-corrected chi connectivity index (χ4v) is 2.16. The Morgan fingerprint density at radius 1 is 1.32 bits per heavy atom. The first-order chi connectivity index (χ1) is 10.7. The summed E-state index contributed by atoms with van der Waals surface area (Å²) in [7, 11) is 0. The van der Waals surface area contributed by atoms with Crippen molar-refractivity contribution in [3.8, 4) is 17.3 Å². The molecule has 0 saturated carbocycles. The average Bonchev–Trinajstić information content (AvgIpc) is 2.58. The van der Waals surface area contributed by atoms with Gasteiger partial charge < -0.3 is 19.7 Å². The molecule has 0 spiro atoms. The summed E-state index contributed by atoms with van der Waals surface area (Å²) < 4.78 is 5.18. The number of hydrogen-bond donors (Lipinski definition) is 2. The molecule has 0 bridgehead atoms. The Morgan fingerprint density at radius 3 is 2.77 bits per heavy atom. The van der Waals surface area contributed by atoms with Gasteiger partial charge in [0.2, 0.25) is 5.75 Å². The van der Waals surface area contributed by atoms with E-state index < -0.39 is 17.2 Å². The lowest BCUT2D eigenvalue weighted by atomic mass is 10.2. The van der Waals surface area contributed by atoms with Crippen molar-refractivity contribution in [2.75, 3.05) is 26.3 Å². The van der Waals surface area contributed by atoms with E-state index in [0.717, 1.165) is 0 Å². The second-order valence-corrected chi connectivity index (χ2v) is 4.73. The zero-order valence-electron chi connectivity index (χ0n) is 11.7. The summed E-state index contributed by atoms with van der Waals surface area (Å²) in [5.41, 5.74) is -0.630. The van der Waals surface area contributed by atoms with Crippen molar-refractivity contribution in [3.05, 3.63) is 40.4 Å². The SMILES string of the molecule is O=C(c1nc(-c2ccccn2)[nH]c(=O)c1O)N1CCOCC1. The number of morpholine rings is 1. The molecule has 8 nitrogen and oxygen atoms in total. The fraction of sp³-hybridized carbons (Fsp3) is 0.286. The van der Waals surface area contributed by atoms with E-state index in [1.807, 2.05) is 0 Å². The standard InChI is InChI=1S/C14H14N4O4/c19-11-10(14(21)18-5-7-22-8-6-18)16-12(17-13(11)20)9-3-1-2-4-15-9/h1-4,19H,5-8H2,(H,16,17,20). The number of aromatic hydroxyl groups is 1. The first-order valence-corrected chi connectivity index (χ1v) is 6.78. The molecule has 1 amide bonds. The summed E-state index contributed by atoms with van der Waals surface area (Å²) in [6.45, 7) is 1.63. The van der Waals surface area contributed by atoms with Crippen molar-refractivity contribution in [1.82, 2.24) is 19.9 Å². The van der Waals surface area contributed by atoms with Crippen LogP contribution in [0.5, 0.6) is 5.75 Å². The molecule has 0 unspecified atom stereocenters. The van der Waals surface area contributed by atoms with E-state index in [9.17, 15) is 14.7 Å². The molecule has 22 heavy (non-hydrogen) atoms. The number of amides is 1. The molecule has 3 rings (SSSR count). The number of nitrogens with one attached hydrogen (secondary N) is 1. The van der Waals surface area contributed by atoms with Crippen molar-refractivity contribution in [3.63, 3.8) is 0 Å².